The maximum atomic E-state index is 4.67. The molecule has 0 saturated heterocycles. The second-order valence-electron chi connectivity index (χ2n) is 8.75. The zero-order valence-electron chi connectivity index (χ0n) is 16.6. The molecule has 0 spiro atoms. The van der Waals surface area contributed by atoms with Gasteiger partial charge in [0.05, 0.1) is 22.9 Å². The van der Waals surface area contributed by atoms with Gasteiger partial charge < -0.3 is 4.98 Å². The Labute approximate surface area is 160 Å². The van der Waals surface area contributed by atoms with Crippen molar-refractivity contribution in [1.82, 2.24) is 15.0 Å². The molecule has 0 aliphatic carbocycles. The number of hydrogen-bond donors (Lipinski definition) is 1. The van der Waals surface area contributed by atoms with Crippen molar-refractivity contribution in [2.75, 3.05) is 0 Å². The summed E-state index contributed by atoms with van der Waals surface area (Å²) >= 11 is 0. The Bertz CT molecular complexity index is 1080. The lowest BCUT2D eigenvalue weighted by molar-refractivity contribution is 0.377. The largest absolute Gasteiger partial charge is 0.345 e. The lowest BCUT2D eigenvalue weighted by Gasteiger charge is -2.32. The van der Waals surface area contributed by atoms with E-state index in [4.69, 9.17) is 0 Å². The minimum absolute atomic E-state index is 0.0456. The molecule has 2 aromatic heterocycles. The molecule has 1 N–H and O–H groups in total. The number of aromatic nitrogens is 3. The van der Waals surface area contributed by atoms with Gasteiger partial charge in [0.25, 0.3) is 0 Å². The van der Waals surface area contributed by atoms with E-state index in [0.29, 0.717) is 0 Å². The van der Waals surface area contributed by atoms with Crippen molar-refractivity contribution in [1.29, 1.82) is 0 Å². The fourth-order valence-corrected chi connectivity index (χ4v) is 4.06. The summed E-state index contributed by atoms with van der Waals surface area (Å²) in [4.78, 5) is 12.5. The third kappa shape index (κ3) is 3.23. The van der Waals surface area contributed by atoms with Crippen LogP contribution in [0, 0.1) is 0 Å². The predicted octanol–water partition coefficient (Wildman–Crippen LogP) is 6.15. The number of benzene rings is 2. The van der Waals surface area contributed by atoms with Crippen molar-refractivity contribution in [2.24, 2.45) is 0 Å². The maximum Gasteiger partial charge on any atom is 0.0931 e. The molecule has 0 aliphatic heterocycles. The standard InChI is InChI=1S/C24H27N3/c1-23(2,18-10-5-8-17-9-7-15-25-21(17)18)13-14-24(3,4)19-11-6-12-20-22(19)27-16-26-20/h5-12,15-16H,13-14H2,1-4H3,(H,26,27). The number of pyridine rings is 1. The molecule has 27 heavy (non-hydrogen) atoms. The van der Waals surface area contributed by atoms with Gasteiger partial charge in [-0.05, 0) is 46.9 Å². The second kappa shape index (κ2) is 6.49. The van der Waals surface area contributed by atoms with Crippen LogP contribution in [-0.4, -0.2) is 15.0 Å². The minimum Gasteiger partial charge on any atom is -0.345 e. The van der Waals surface area contributed by atoms with Crippen molar-refractivity contribution in [2.45, 2.75) is 51.4 Å². The van der Waals surface area contributed by atoms with Crippen LogP contribution in [0.15, 0.2) is 61.1 Å². The number of nitrogens with one attached hydrogen (secondary N) is 1. The molecule has 0 amide bonds. The SMILES string of the molecule is CC(C)(CCC(C)(C)c1cccc2[nH]cnc12)c1cccc2cccnc12. The highest BCUT2D eigenvalue weighted by Gasteiger charge is 2.29. The average Bonchev–Trinajstić information content (AvgIpc) is 3.15. The summed E-state index contributed by atoms with van der Waals surface area (Å²) < 4.78 is 0. The number of aromatic amines is 1. The monoisotopic (exact) mass is 357 g/mol. The molecule has 2 aromatic carbocycles. The van der Waals surface area contributed by atoms with Crippen molar-refractivity contribution in [3.63, 3.8) is 0 Å². The quantitative estimate of drug-likeness (QED) is 0.465. The number of para-hydroxylation sites is 2. The molecule has 2 heterocycles. The Kier molecular flexibility index (Phi) is 4.26. The van der Waals surface area contributed by atoms with Crippen molar-refractivity contribution >= 4 is 21.9 Å². The van der Waals surface area contributed by atoms with Crippen molar-refractivity contribution in [3.05, 3.63) is 72.2 Å². The molecule has 0 bridgehead atoms. The highest BCUT2D eigenvalue weighted by Crippen LogP contribution is 2.39. The van der Waals surface area contributed by atoms with Gasteiger partial charge in [0.15, 0.2) is 0 Å². The Morgan fingerprint density at radius 1 is 0.741 bits per heavy atom. The molecule has 3 heteroatoms. The van der Waals surface area contributed by atoms with Gasteiger partial charge in [0.2, 0.25) is 0 Å². The molecule has 0 unspecified atom stereocenters. The van der Waals surface area contributed by atoms with E-state index in [1.165, 1.54) is 16.5 Å². The fourth-order valence-electron chi connectivity index (χ4n) is 4.06. The maximum absolute atomic E-state index is 4.67. The van der Waals surface area contributed by atoms with Crippen LogP contribution in [-0.2, 0) is 10.8 Å². The van der Waals surface area contributed by atoms with Gasteiger partial charge in [-0.25, -0.2) is 4.98 Å². The van der Waals surface area contributed by atoms with E-state index in [0.717, 1.165) is 29.4 Å². The number of hydrogen-bond acceptors (Lipinski definition) is 2. The zero-order chi connectivity index (χ0) is 19.1. The first-order valence-electron chi connectivity index (χ1n) is 9.65. The van der Waals surface area contributed by atoms with Crippen LogP contribution in [0.3, 0.4) is 0 Å². The summed E-state index contributed by atoms with van der Waals surface area (Å²) in [6.45, 7) is 9.32. The van der Waals surface area contributed by atoms with Gasteiger partial charge in [-0.3, -0.25) is 4.98 Å². The van der Waals surface area contributed by atoms with Gasteiger partial charge >= 0.3 is 0 Å². The molecule has 0 aliphatic rings. The summed E-state index contributed by atoms with van der Waals surface area (Å²) in [5.41, 5.74) is 6.05. The van der Waals surface area contributed by atoms with Gasteiger partial charge in [-0.1, -0.05) is 64.1 Å². The van der Waals surface area contributed by atoms with Crippen molar-refractivity contribution in [3.8, 4) is 0 Å². The van der Waals surface area contributed by atoms with Crippen LogP contribution >= 0.6 is 0 Å². The first-order chi connectivity index (χ1) is 12.9. The summed E-state index contributed by atoms with van der Waals surface area (Å²) in [6, 6.07) is 17.1. The van der Waals surface area contributed by atoms with E-state index < -0.39 is 0 Å². The number of rotatable bonds is 5. The topological polar surface area (TPSA) is 41.6 Å². The molecule has 4 aromatic rings. The molecule has 138 valence electrons. The number of imidazole rings is 1. The minimum atomic E-state index is 0.0456. The number of nitrogens with zero attached hydrogens (tertiary/aromatic N) is 2. The van der Waals surface area contributed by atoms with Crippen LogP contribution in [0.4, 0.5) is 0 Å². The molecule has 0 radical (unpaired) electrons. The summed E-state index contributed by atoms with van der Waals surface area (Å²) in [7, 11) is 0. The molecule has 4 rings (SSSR count). The molecular formula is C24H27N3. The molecular weight excluding hydrogens is 330 g/mol. The van der Waals surface area contributed by atoms with Crippen LogP contribution < -0.4 is 0 Å². The third-order valence-electron chi connectivity index (χ3n) is 5.92. The number of H-pyrrole nitrogens is 1. The molecule has 0 atom stereocenters. The summed E-state index contributed by atoms with van der Waals surface area (Å²) in [6.07, 6.45) is 5.84. The second-order valence-corrected chi connectivity index (χ2v) is 8.75. The Balaban J connectivity index is 1.64. The third-order valence-corrected chi connectivity index (χ3v) is 5.92. The normalized spacial score (nSPS) is 12.7. The first-order valence-corrected chi connectivity index (χ1v) is 9.65. The molecule has 0 saturated carbocycles. The Hall–Kier alpha value is -2.68. The van der Waals surface area contributed by atoms with Gasteiger partial charge in [0, 0.05) is 11.6 Å². The first kappa shape index (κ1) is 17.7. The highest BCUT2D eigenvalue weighted by molar-refractivity contribution is 5.82. The highest BCUT2D eigenvalue weighted by atomic mass is 14.9. The van der Waals surface area contributed by atoms with E-state index in [1.807, 2.05) is 12.3 Å². The Morgan fingerprint density at radius 2 is 1.37 bits per heavy atom. The fraction of sp³-hybridized carbons (Fsp3) is 0.333. The van der Waals surface area contributed by atoms with Crippen LogP contribution in [0.5, 0.6) is 0 Å². The van der Waals surface area contributed by atoms with E-state index >= 15 is 0 Å². The lowest BCUT2D eigenvalue weighted by atomic mass is 9.72. The molecule has 0 fully saturated rings. The van der Waals surface area contributed by atoms with Crippen LogP contribution in [0.2, 0.25) is 0 Å². The summed E-state index contributed by atoms with van der Waals surface area (Å²) in [5, 5.41) is 1.21. The van der Waals surface area contributed by atoms with E-state index in [-0.39, 0.29) is 10.8 Å². The zero-order valence-corrected chi connectivity index (χ0v) is 16.6. The van der Waals surface area contributed by atoms with Crippen molar-refractivity contribution < 1.29 is 0 Å². The van der Waals surface area contributed by atoms with E-state index in [1.54, 1.807) is 6.33 Å². The average molecular weight is 358 g/mol. The molecule has 3 nitrogen and oxygen atoms in total. The lowest BCUT2D eigenvalue weighted by Crippen LogP contribution is -2.25. The predicted molar refractivity (Wildman–Crippen MR) is 113 cm³/mol. The van der Waals surface area contributed by atoms with Gasteiger partial charge in [-0.15, -0.1) is 0 Å². The summed E-state index contributed by atoms with van der Waals surface area (Å²) in [5.74, 6) is 0. The van der Waals surface area contributed by atoms with E-state index in [2.05, 4.69) is 85.1 Å². The van der Waals surface area contributed by atoms with Crippen LogP contribution in [0.25, 0.3) is 21.9 Å². The number of fused-ring (bicyclic) bond motifs is 2. The Morgan fingerprint density at radius 3 is 2.11 bits per heavy atom. The van der Waals surface area contributed by atoms with Gasteiger partial charge in [0.1, 0.15) is 0 Å². The van der Waals surface area contributed by atoms with Gasteiger partial charge in [-0.2, -0.15) is 0 Å². The van der Waals surface area contributed by atoms with Crippen LogP contribution in [0.1, 0.15) is 51.7 Å². The smallest absolute Gasteiger partial charge is 0.0931 e. The van der Waals surface area contributed by atoms with E-state index in [9.17, 15) is 0 Å².